The van der Waals surface area contributed by atoms with E-state index in [0.29, 0.717) is 6.61 Å². The second kappa shape index (κ2) is 9.41. The Labute approximate surface area is 133 Å². The predicted octanol–water partition coefficient (Wildman–Crippen LogP) is 4.31. The molecule has 114 valence electrons. The number of carbonyl (C=O) groups is 1. The summed E-state index contributed by atoms with van der Waals surface area (Å²) in [4.78, 5) is 11.9. The van der Waals surface area contributed by atoms with E-state index >= 15 is 0 Å². The quantitative estimate of drug-likeness (QED) is 0.248. The van der Waals surface area contributed by atoms with Crippen molar-refractivity contribution in [1.29, 1.82) is 0 Å². The zero-order valence-electron chi connectivity index (χ0n) is 12.5. The summed E-state index contributed by atoms with van der Waals surface area (Å²) in [5, 5.41) is 0. The highest BCUT2D eigenvalue weighted by Gasteiger charge is 2.33. The molecule has 0 bridgehead atoms. The van der Waals surface area contributed by atoms with Gasteiger partial charge in [0.2, 0.25) is 0 Å². The maximum absolute atomic E-state index is 11.9. The summed E-state index contributed by atoms with van der Waals surface area (Å²) in [7, 11) is 1.36. The van der Waals surface area contributed by atoms with Crippen LogP contribution in [-0.4, -0.2) is 30.4 Å². The smallest absolute Gasteiger partial charge is 0.338 e. The van der Waals surface area contributed by atoms with E-state index in [9.17, 15) is 4.79 Å². The van der Waals surface area contributed by atoms with E-state index in [2.05, 4.69) is 21.2 Å². The third kappa shape index (κ3) is 10.9. The number of carbonyl (C=O) groups excluding carboxylic acids is 1. The van der Waals surface area contributed by atoms with Gasteiger partial charge in [-0.05, 0) is 53.9 Å². The summed E-state index contributed by atoms with van der Waals surface area (Å²) in [6.07, 6.45) is 2.95. The highest BCUT2D eigenvalue weighted by atomic mass is 127. The van der Waals surface area contributed by atoms with Crippen LogP contribution >= 0.6 is 30.4 Å². The number of ether oxygens (including phenoxy) is 2. The Balaban J connectivity index is 3.81. The second-order valence-electron chi connectivity index (χ2n) is 5.81. The average molecular weight is 404 g/mol. The molecule has 0 rings (SSSR count). The highest BCUT2D eigenvalue weighted by molar-refractivity contribution is 14.2. The van der Waals surface area contributed by atoms with E-state index in [1.807, 2.05) is 20.8 Å². The maximum Gasteiger partial charge on any atom is 0.338 e. The van der Waals surface area contributed by atoms with Crippen molar-refractivity contribution in [3.05, 3.63) is 0 Å². The zero-order chi connectivity index (χ0) is 14.9. The van der Waals surface area contributed by atoms with Crippen molar-refractivity contribution in [2.75, 3.05) is 13.2 Å². The molecule has 0 aliphatic carbocycles. The summed E-state index contributed by atoms with van der Waals surface area (Å²) in [5.74, 6) is -0.315. The Hall–Kier alpha value is 0.470. The van der Waals surface area contributed by atoms with E-state index < -0.39 is 11.2 Å². The van der Waals surface area contributed by atoms with Crippen molar-refractivity contribution < 1.29 is 18.5 Å². The van der Waals surface area contributed by atoms with Crippen molar-refractivity contribution in [3.8, 4) is 0 Å². The first-order valence-electron chi connectivity index (χ1n) is 6.46. The van der Waals surface area contributed by atoms with Gasteiger partial charge in [-0.25, -0.2) is 4.79 Å². The molecule has 0 heterocycles. The Morgan fingerprint density at radius 3 is 2.16 bits per heavy atom. The molecule has 0 spiro atoms. The number of hydrogen-bond acceptors (Lipinski definition) is 5. The molecule has 0 radical (unpaired) electrons. The van der Waals surface area contributed by atoms with Crippen LogP contribution in [0.4, 0.5) is 0 Å². The lowest BCUT2D eigenvalue weighted by Gasteiger charge is -2.28. The number of unbranched alkanes of at least 4 members (excludes halogenated alkanes) is 2. The van der Waals surface area contributed by atoms with Crippen LogP contribution in [0.15, 0.2) is 0 Å². The Kier molecular flexibility index (Phi) is 9.65. The Morgan fingerprint density at radius 2 is 1.63 bits per heavy atom. The SMILES string of the molecule is CC(C)(C)OC(=O)C(C)(C)OCCCCCOSI. The van der Waals surface area contributed by atoms with Crippen molar-refractivity contribution in [3.63, 3.8) is 0 Å². The van der Waals surface area contributed by atoms with Gasteiger partial charge in [-0.3, -0.25) is 0 Å². The first-order valence-corrected chi connectivity index (χ1v) is 9.75. The molecule has 0 aromatic heterocycles. The number of rotatable bonds is 9. The lowest BCUT2D eigenvalue weighted by molar-refractivity contribution is -0.179. The molecule has 6 heteroatoms. The minimum absolute atomic E-state index is 0.315. The Morgan fingerprint density at radius 1 is 1.05 bits per heavy atom. The molecule has 4 nitrogen and oxygen atoms in total. The molecule has 0 aromatic carbocycles. The predicted molar refractivity (Wildman–Crippen MR) is 87.3 cm³/mol. The zero-order valence-corrected chi connectivity index (χ0v) is 15.4. The molecule has 0 amide bonds. The Bertz CT molecular complexity index is 264. The fourth-order valence-electron chi connectivity index (χ4n) is 1.26. The topological polar surface area (TPSA) is 44.8 Å². The summed E-state index contributed by atoms with van der Waals surface area (Å²) in [6.45, 7) is 10.4. The molecule has 0 aliphatic rings. The number of hydrogen-bond donors (Lipinski definition) is 0. The van der Waals surface area contributed by atoms with Crippen molar-refractivity contribution in [2.45, 2.75) is 65.1 Å². The van der Waals surface area contributed by atoms with E-state index in [1.54, 1.807) is 13.8 Å². The van der Waals surface area contributed by atoms with Crippen molar-refractivity contribution >= 4 is 36.4 Å². The maximum atomic E-state index is 11.9. The first-order chi connectivity index (χ1) is 8.69. The van der Waals surface area contributed by atoms with Gasteiger partial charge in [0.15, 0.2) is 5.60 Å². The molecule has 0 aliphatic heterocycles. The summed E-state index contributed by atoms with van der Waals surface area (Å²) < 4.78 is 16.1. The largest absolute Gasteiger partial charge is 0.458 e. The van der Waals surface area contributed by atoms with Crippen molar-refractivity contribution in [1.82, 2.24) is 0 Å². The second-order valence-corrected chi connectivity index (χ2v) is 7.25. The molecule has 0 N–H and O–H groups in total. The van der Waals surface area contributed by atoms with Crippen LogP contribution in [0.5, 0.6) is 0 Å². The molecule has 0 atom stereocenters. The van der Waals surface area contributed by atoms with Crippen LogP contribution in [0.1, 0.15) is 53.9 Å². The van der Waals surface area contributed by atoms with Gasteiger partial charge in [-0.1, -0.05) is 0 Å². The fraction of sp³-hybridized carbons (Fsp3) is 0.923. The van der Waals surface area contributed by atoms with Crippen LogP contribution in [0.3, 0.4) is 0 Å². The summed E-state index contributed by atoms with van der Waals surface area (Å²) in [6, 6.07) is 0. The molecule has 0 aromatic rings. The molecular weight excluding hydrogens is 379 g/mol. The van der Waals surface area contributed by atoms with Gasteiger partial charge in [-0.15, -0.1) is 0 Å². The third-order valence-corrected chi connectivity index (χ3v) is 3.29. The minimum Gasteiger partial charge on any atom is -0.458 e. The molecule has 0 unspecified atom stereocenters. The van der Waals surface area contributed by atoms with Gasteiger partial charge < -0.3 is 13.7 Å². The van der Waals surface area contributed by atoms with Gasteiger partial charge in [-0.2, -0.15) is 0 Å². The van der Waals surface area contributed by atoms with Crippen LogP contribution in [0.25, 0.3) is 0 Å². The van der Waals surface area contributed by atoms with Crippen LogP contribution in [0, 0.1) is 0 Å². The molecule has 19 heavy (non-hydrogen) atoms. The van der Waals surface area contributed by atoms with E-state index in [-0.39, 0.29) is 5.97 Å². The van der Waals surface area contributed by atoms with E-state index in [4.69, 9.17) is 13.7 Å². The van der Waals surface area contributed by atoms with Crippen LogP contribution in [0.2, 0.25) is 0 Å². The van der Waals surface area contributed by atoms with Gasteiger partial charge >= 0.3 is 5.97 Å². The summed E-state index contributed by atoms with van der Waals surface area (Å²) in [5.41, 5.74) is -1.37. The molecule has 0 saturated heterocycles. The number of esters is 1. The molecule has 0 saturated carbocycles. The fourth-order valence-corrected chi connectivity index (χ4v) is 1.98. The highest BCUT2D eigenvalue weighted by Crippen LogP contribution is 2.18. The van der Waals surface area contributed by atoms with Gasteiger partial charge in [0.1, 0.15) is 5.60 Å². The van der Waals surface area contributed by atoms with Gasteiger partial charge in [0, 0.05) is 27.8 Å². The monoisotopic (exact) mass is 404 g/mol. The van der Waals surface area contributed by atoms with Gasteiger partial charge in [0.05, 0.1) is 15.8 Å². The van der Waals surface area contributed by atoms with Crippen LogP contribution < -0.4 is 0 Å². The first kappa shape index (κ1) is 19.5. The normalized spacial score (nSPS) is 12.5. The van der Waals surface area contributed by atoms with E-state index in [0.717, 1.165) is 25.9 Å². The number of halogens is 1. The molecule has 0 fully saturated rings. The van der Waals surface area contributed by atoms with E-state index in [1.165, 1.54) is 9.21 Å². The lowest BCUT2D eigenvalue weighted by atomic mass is 10.1. The standard InChI is InChI=1S/C13H25IO4S/c1-12(2,3)18-11(15)13(4,5)16-9-7-6-8-10-17-19-14/h6-10H2,1-5H3. The summed E-state index contributed by atoms with van der Waals surface area (Å²) >= 11 is 2.10. The average Bonchev–Trinajstić information content (AvgIpc) is 2.25. The minimum atomic E-state index is -0.887. The van der Waals surface area contributed by atoms with Crippen LogP contribution in [-0.2, 0) is 18.5 Å². The van der Waals surface area contributed by atoms with Gasteiger partial charge in [0.25, 0.3) is 0 Å². The lowest BCUT2D eigenvalue weighted by Crippen LogP contribution is -2.41. The third-order valence-electron chi connectivity index (χ3n) is 2.27. The molecular formula is C13H25IO4S. The van der Waals surface area contributed by atoms with Crippen molar-refractivity contribution in [2.24, 2.45) is 0 Å².